The van der Waals surface area contributed by atoms with Crippen LogP contribution in [0.3, 0.4) is 0 Å². The zero-order valence-corrected chi connectivity index (χ0v) is 12.5. The molecule has 0 spiro atoms. The number of carbonyl (C=O) groups is 1. The molecule has 0 bridgehead atoms. The van der Waals surface area contributed by atoms with Gasteiger partial charge in [-0.15, -0.1) is 0 Å². The van der Waals surface area contributed by atoms with Gasteiger partial charge in [-0.3, -0.25) is 4.79 Å². The number of unbranched alkanes of at least 4 members (excludes halogenated alkanes) is 1. The molecule has 0 saturated carbocycles. The third-order valence-corrected chi connectivity index (χ3v) is 4.65. The van der Waals surface area contributed by atoms with Crippen LogP contribution in [0.1, 0.15) is 52.1 Å². The van der Waals surface area contributed by atoms with E-state index in [1.165, 1.54) is 5.56 Å². The SMILES string of the molecule is CCCCN1C(=O)C(C)(C)C(C)C1c1ccccc1. The lowest BCUT2D eigenvalue weighted by atomic mass is 9.78. The van der Waals surface area contributed by atoms with Crippen LogP contribution in [0.5, 0.6) is 0 Å². The summed E-state index contributed by atoms with van der Waals surface area (Å²) in [5.41, 5.74) is 1.01. The van der Waals surface area contributed by atoms with E-state index in [0.29, 0.717) is 11.8 Å². The summed E-state index contributed by atoms with van der Waals surface area (Å²) in [7, 11) is 0. The molecule has 2 rings (SSSR count). The van der Waals surface area contributed by atoms with Crippen LogP contribution in [0.15, 0.2) is 30.3 Å². The van der Waals surface area contributed by atoms with Crippen molar-refractivity contribution < 1.29 is 4.79 Å². The molecule has 1 aliphatic rings. The molecule has 0 radical (unpaired) electrons. The number of carbonyl (C=O) groups excluding carboxylic acids is 1. The van der Waals surface area contributed by atoms with E-state index in [1.807, 2.05) is 6.07 Å². The Morgan fingerprint density at radius 1 is 1.21 bits per heavy atom. The lowest BCUT2D eigenvalue weighted by molar-refractivity contribution is -0.135. The van der Waals surface area contributed by atoms with Gasteiger partial charge < -0.3 is 4.90 Å². The van der Waals surface area contributed by atoms with Gasteiger partial charge in [0.15, 0.2) is 0 Å². The van der Waals surface area contributed by atoms with Gasteiger partial charge in [0, 0.05) is 12.0 Å². The number of hydrogen-bond donors (Lipinski definition) is 0. The molecule has 1 aromatic rings. The quantitative estimate of drug-likeness (QED) is 0.799. The topological polar surface area (TPSA) is 20.3 Å². The van der Waals surface area contributed by atoms with Gasteiger partial charge in [0.25, 0.3) is 0 Å². The highest BCUT2D eigenvalue weighted by Gasteiger charge is 2.51. The van der Waals surface area contributed by atoms with Gasteiger partial charge in [0.2, 0.25) is 5.91 Å². The predicted molar refractivity (Wildman–Crippen MR) is 78.7 cm³/mol. The van der Waals surface area contributed by atoms with E-state index in [9.17, 15) is 4.79 Å². The number of rotatable bonds is 4. The summed E-state index contributed by atoms with van der Waals surface area (Å²) in [6.45, 7) is 9.43. The number of hydrogen-bond acceptors (Lipinski definition) is 1. The Hall–Kier alpha value is -1.31. The maximum Gasteiger partial charge on any atom is 0.229 e. The fraction of sp³-hybridized carbons (Fsp3) is 0.588. The fourth-order valence-corrected chi connectivity index (χ4v) is 3.04. The molecule has 1 fully saturated rings. The maximum atomic E-state index is 12.7. The molecule has 0 N–H and O–H groups in total. The molecule has 0 aliphatic carbocycles. The van der Waals surface area contributed by atoms with Crippen LogP contribution < -0.4 is 0 Å². The van der Waals surface area contributed by atoms with Gasteiger partial charge >= 0.3 is 0 Å². The van der Waals surface area contributed by atoms with Crippen LogP contribution in [0.25, 0.3) is 0 Å². The summed E-state index contributed by atoms with van der Waals surface area (Å²) in [6.07, 6.45) is 2.21. The van der Waals surface area contributed by atoms with E-state index in [2.05, 4.69) is 56.9 Å². The number of likely N-dealkylation sites (tertiary alicyclic amines) is 1. The Labute approximate surface area is 116 Å². The van der Waals surface area contributed by atoms with Crippen LogP contribution in [0.2, 0.25) is 0 Å². The molecule has 1 aromatic carbocycles. The molecule has 19 heavy (non-hydrogen) atoms. The first-order valence-electron chi connectivity index (χ1n) is 7.36. The summed E-state index contributed by atoms with van der Waals surface area (Å²) in [6, 6.07) is 10.7. The van der Waals surface area contributed by atoms with Gasteiger partial charge in [-0.2, -0.15) is 0 Å². The molecule has 2 atom stereocenters. The second kappa shape index (κ2) is 5.36. The van der Waals surface area contributed by atoms with E-state index in [1.54, 1.807) is 0 Å². The highest BCUT2D eigenvalue weighted by Crippen LogP contribution is 2.48. The minimum Gasteiger partial charge on any atom is -0.335 e. The van der Waals surface area contributed by atoms with E-state index < -0.39 is 0 Å². The van der Waals surface area contributed by atoms with E-state index in [-0.39, 0.29) is 11.5 Å². The van der Waals surface area contributed by atoms with Crippen LogP contribution in [0, 0.1) is 11.3 Å². The summed E-state index contributed by atoms with van der Waals surface area (Å²) in [5.74, 6) is 0.654. The third-order valence-electron chi connectivity index (χ3n) is 4.65. The van der Waals surface area contributed by atoms with Crippen LogP contribution in [-0.2, 0) is 4.79 Å². The Balaban J connectivity index is 2.35. The number of amides is 1. The van der Waals surface area contributed by atoms with Crippen molar-refractivity contribution in [2.24, 2.45) is 11.3 Å². The standard InChI is InChI=1S/C17H25NO/c1-5-6-12-18-15(14-10-8-7-9-11-14)13(2)17(3,4)16(18)19/h7-11,13,15H,5-6,12H2,1-4H3. The largest absolute Gasteiger partial charge is 0.335 e. The van der Waals surface area contributed by atoms with Gasteiger partial charge in [0.05, 0.1) is 6.04 Å². The van der Waals surface area contributed by atoms with Crippen molar-refractivity contribution >= 4 is 5.91 Å². The zero-order chi connectivity index (χ0) is 14.0. The van der Waals surface area contributed by atoms with Crippen LogP contribution in [-0.4, -0.2) is 17.4 Å². The predicted octanol–water partition coefficient (Wildman–Crippen LogP) is 4.03. The normalized spacial score (nSPS) is 25.9. The fourth-order valence-electron chi connectivity index (χ4n) is 3.04. The molecule has 1 saturated heterocycles. The average Bonchev–Trinajstić information content (AvgIpc) is 2.58. The molecule has 104 valence electrons. The van der Waals surface area contributed by atoms with Crippen LogP contribution >= 0.6 is 0 Å². The lowest BCUT2D eigenvalue weighted by Crippen LogP contribution is -2.33. The highest BCUT2D eigenvalue weighted by atomic mass is 16.2. The first-order chi connectivity index (χ1) is 9.00. The molecule has 2 nitrogen and oxygen atoms in total. The monoisotopic (exact) mass is 259 g/mol. The first-order valence-corrected chi connectivity index (χ1v) is 7.36. The molecule has 2 heteroatoms. The van der Waals surface area contributed by atoms with E-state index >= 15 is 0 Å². The van der Waals surface area contributed by atoms with Gasteiger partial charge in [-0.05, 0) is 17.9 Å². The van der Waals surface area contributed by atoms with Crippen molar-refractivity contribution in [3.63, 3.8) is 0 Å². The molecule has 2 unspecified atom stereocenters. The van der Waals surface area contributed by atoms with E-state index in [4.69, 9.17) is 0 Å². The van der Waals surface area contributed by atoms with E-state index in [0.717, 1.165) is 19.4 Å². The summed E-state index contributed by atoms with van der Waals surface area (Å²) in [5, 5.41) is 0. The smallest absolute Gasteiger partial charge is 0.229 e. The summed E-state index contributed by atoms with van der Waals surface area (Å²) < 4.78 is 0. The van der Waals surface area contributed by atoms with Crippen molar-refractivity contribution in [1.82, 2.24) is 4.90 Å². The van der Waals surface area contributed by atoms with Crippen molar-refractivity contribution in [2.75, 3.05) is 6.54 Å². The highest BCUT2D eigenvalue weighted by molar-refractivity contribution is 5.85. The van der Waals surface area contributed by atoms with Crippen molar-refractivity contribution in [3.8, 4) is 0 Å². The Bertz CT molecular complexity index is 438. The van der Waals surface area contributed by atoms with Gasteiger partial charge in [0.1, 0.15) is 0 Å². The third kappa shape index (κ3) is 2.41. The minimum atomic E-state index is -0.256. The van der Waals surface area contributed by atoms with Crippen molar-refractivity contribution in [3.05, 3.63) is 35.9 Å². The molecule has 1 heterocycles. The second-order valence-electron chi connectivity index (χ2n) is 6.22. The number of benzene rings is 1. The molecule has 1 aliphatic heterocycles. The zero-order valence-electron chi connectivity index (χ0n) is 12.5. The van der Waals surface area contributed by atoms with Crippen molar-refractivity contribution in [1.29, 1.82) is 0 Å². The summed E-state index contributed by atoms with van der Waals surface area (Å²) in [4.78, 5) is 14.8. The Morgan fingerprint density at radius 3 is 2.42 bits per heavy atom. The molecule has 0 aromatic heterocycles. The lowest BCUT2D eigenvalue weighted by Gasteiger charge is -2.27. The summed E-state index contributed by atoms with van der Waals surface area (Å²) >= 11 is 0. The molecule has 1 amide bonds. The average molecular weight is 259 g/mol. The Kier molecular flexibility index (Phi) is 3.98. The number of nitrogens with zero attached hydrogens (tertiary/aromatic N) is 1. The molecular formula is C17H25NO. The first kappa shape index (κ1) is 14.1. The van der Waals surface area contributed by atoms with Crippen molar-refractivity contribution in [2.45, 2.75) is 46.6 Å². The minimum absolute atomic E-state index is 0.232. The van der Waals surface area contributed by atoms with Crippen LogP contribution in [0.4, 0.5) is 0 Å². The Morgan fingerprint density at radius 2 is 1.84 bits per heavy atom. The maximum absolute atomic E-state index is 12.7. The molecular weight excluding hydrogens is 234 g/mol. The second-order valence-corrected chi connectivity index (χ2v) is 6.22. The van der Waals surface area contributed by atoms with Gasteiger partial charge in [-0.1, -0.05) is 64.4 Å². The van der Waals surface area contributed by atoms with Gasteiger partial charge in [-0.25, -0.2) is 0 Å².